The van der Waals surface area contributed by atoms with E-state index in [4.69, 9.17) is 22.7 Å². The average molecular weight is 480 g/mol. The van der Waals surface area contributed by atoms with Gasteiger partial charge < -0.3 is 15.7 Å². The fourth-order valence-electron chi connectivity index (χ4n) is 3.34. The lowest BCUT2D eigenvalue weighted by molar-refractivity contribution is -0.129. The number of hydrogen-bond acceptors (Lipinski definition) is 7. The van der Waals surface area contributed by atoms with Crippen LogP contribution in [-0.4, -0.2) is 47.7 Å². The Labute approximate surface area is 187 Å². The Balaban J connectivity index is 1.50. The second-order valence-corrected chi connectivity index (χ2v) is 10.5. The van der Waals surface area contributed by atoms with Gasteiger partial charge in [-0.2, -0.15) is 4.72 Å². The summed E-state index contributed by atoms with van der Waals surface area (Å²) in [5, 5.41) is 17.9. The summed E-state index contributed by atoms with van der Waals surface area (Å²) >= 11 is 6.91. The number of aromatic hydroxyl groups is 1. The summed E-state index contributed by atoms with van der Waals surface area (Å²) < 4.78 is 28.8. The van der Waals surface area contributed by atoms with Crippen LogP contribution in [0.25, 0.3) is 10.2 Å². The number of carbonyl (C=O) groups excluding carboxylic acids is 1. The molecule has 162 valence electrons. The highest BCUT2D eigenvalue weighted by Crippen LogP contribution is 2.30. The molecule has 12 heteroatoms. The Morgan fingerprint density at radius 2 is 2.13 bits per heavy atom. The topological polar surface area (TPSA) is 149 Å². The second kappa shape index (κ2) is 8.08. The first kappa shape index (κ1) is 21.5. The van der Waals surface area contributed by atoms with Gasteiger partial charge in [0.1, 0.15) is 27.0 Å². The fourth-order valence-corrected chi connectivity index (χ4v) is 6.06. The zero-order valence-corrected chi connectivity index (χ0v) is 18.4. The number of aromatic nitrogens is 1. The number of nitrogens with one attached hydrogen (secondary N) is 2. The Bertz CT molecular complexity index is 1310. The molecule has 31 heavy (non-hydrogen) atoms. The third-order valence-electron chi connectivity index (χ3n) is 4.93. The van der Waals surface area contributed by atoms with Crippen LogP contribution in [0.3, 0.4) is 0 Å². The van der Waals surface area contributed by atoms with Crippen LogP contribution >= 0.6 is 22.9 Å². The lowest BCUT2D eigenvalue weighted by Gasteiger charge is -2.18. The van der Waals surface area contributed by atoms with Gasteiger partial charge in [-0.15, -0.1) is 11.3 Å². The number of phenols is 1. The molecule has 1 atom stereocenters. The normalized spacial score (nSPS) is 16.9. The SMILES string of the molecule is N=C(N)c1ccc(O)c(CN2CCC(NS(=O)(=O)c3cc4nc(Cl)ccc4s3)C2=O)c1. The van der Waals surface area contributed by atoms with E-state index in [0.717, 1.165) is 11.3 Å². The van der Waals surface area contributed by atoms with Gasteiger partial charge in [-0.05, 0) is 42.8 Å². The average Bonchev–Trinajstić information content (AvgIpc) is 3.28. The first-order chi connectivity index (χ1) is 14.6. The van der Waals surface area contributed by atoms with Gasteiger partial charge in [-0.25, -0.2) is 13.4 Å². The zero-order valence-electron chi connectivity index (χ0n) is 16.0. The summed E-state index contributed by atoms with van der Waals surface area (Å²) in [5.74, 6) is -0.574. The predicted molar refractivity (Wildman–Crippen MR) is 118 cm³/mol. The fraction of sp³-hybridized carbons (Fsp3) is 0.211. The van der Waals surface area contributed by atoms with Crippen molar-refractivity contribution in [1.29, 1.82) is 5.41 Å². The maximum Gasteiger partial charge on any atom is 0.250 e. The van der Waals surface area contributed by atoms with Crippen molar-refractivity contribution in [1.82, 2.24) is 14.6 Å². The Hall–Kier alpha value is -2.73. The van der Waals surface area contributed by atoms with E-state index in [9.17, 15) is 18.3 Å². The van der Waals surface area contributed by atoms with Gasteiger partial charge in [-0.3, -0.25) is 10.2 Å². The molecule has 4 rings (SSSR count). The van der Waals surface area contributed by atoms with Crippen LogP contribution in [0.15, 0.2) is 40.6 Å². The number of carbonyl (C=O) groups is 1. The molecule has 1 aliphatic heterocycles. The molecule has 0 spiro atoms. The largest absolute Gasteiger partial charge is 0.508 e. The van der Waals surface area contributed by atoms with Crippen LogP contribution in [0.2, 0.25) is 5.15 Å². The van der Waals surface area contributed by atoms with Gasteiger partial charge in [-0.1, -0.05) is 11.6 Å². The van der Waals surface area contributed by atoms with Crippen LogP contribution in [0, 0.1) is 5.41 Å². The Kier molecular flexibility index (Phi) is 5.60. The minimum atomic E-state index is -3.93. The minimum absolute atomic E-state index is 0.0294. The molecule has 0 saturated carbocycles. The number of amides is 1. The van der Waals surface area contributed by atoms with Crippen LogP contribution < -0.4 is 10.5 Å². The van der Waals surface area contributed by atoms with Crippen molar-refractivity contribution in [3.8, 4) is 5.75 Å². The lowest BCUT2D eigenvalue weighted by atomic mass is 10.1. The Morgan fingerprint density at radius 3 is 2.87 bits per heavy atom. The molecule has 5 N–H and O–H groups in total. The van der Waals surface area contributed by atoms with Gasteiger partial charge in [0.2, 0.25) is 5.91 Å². The van der Waals surface area contributed by atoms with Crippen molar-refractivity contribution in [3.05, 3.63) is 52.7 Å². The number of likely N-dealkylation sites (tertiary alicyclic amines) is 1. The molecule has 0 radical (unpaired) electrons. The maximum absolute atomic E-state index is 12.8. The third kappa shape index (κ3) is 4.35. The molecule has 2 aromatic heterocycles. The molecule has 3 aromatic rings. The smallest absolute Gasteiger partial charge is 0.250 e. The Morgan fingerprint density at radius 1 is 1.35 bits per heavy atom. The van der Waals surface area contributed by atoms with E-state index in [1.165, 1.54) is 29.2 Å². The lowest BCUT2D eigenvalue weighted by Crippen LogP contribution is -2.41. The van der Waals surface area contributed by atoms with Crippen molar-refractivity contribution in [2.24, 2.45) is 5.73 Å². The molecule has 1 aromatic carbocycles. The van der Waals surface area contributed by atoms with Crippen LogP contribution in [0.4, 0.5) is 0 Å². The third-order valence-corrected chi connectivity index (χ3v) is 8.17. The van der Waals surface area contributed by atoms with Gasteiger partial charge >= 0.3 is 0 Å². The van der Waals surface area contributed by atoms with Gasteiger partial charge in [0.15, 0.2) is 0 Å². The van der Waals surface area contributed by atoms with Crippen molar-refractivity contribution >= 4 is 54.9 Å². The standard InChI is InChI=1S/C19H18ClN5O4S2/c20-16-4-3-15-13(23-16)8-17(30-15)31(28,29)24-12-5-6-25(19(12)27)9-11-7-10(18(21)22)1-2-14(11)26/h1-4,7-8,12,24,26H,5-6,9H2,(H3,21,22). The van der Waals surface area contributed by atoms with E-state index in [1.54, 1.807) is 12.1 Å². The summed E-state index contributed by atoms with van der Waals surface area (Å²) in [4.78, 5) is 18.4. The highest BCUT2D eigenvalue weighted by molar-refractivity contribution is 7.91. The van der Waals surface area contributed by atoms with Crippen molar-refractivity contribution in [2.75, 3.05) is 6.54 Å². The number of rotatable bonds is 6. The molecule has 1 amide bonds. The molecule has 0 aliphatic carbocycles. The molecule has 1 fully saturated rings. The first-order valence-electron chi connectivity index (χ1n) is 9.17. The maximum atomic E-state index is 12.8. The molecule has 0 bridgehead atoms. The predicted octanol–water partition coefficient (Wildman–Crippen LogP) is 2.02. The quantitative estimate of drug-likeness (QED) is 0.241. The van der Waals surface area contributed by atoms with Gasteiger partial charge in [0.05, 0.1) is 10.2 Å². The second-order valence-electron chi connectivity index (χ2n) is 7.06. The number of sulfonamides is 1. The van der Waals surface area contributed by atoms with Crippen LogP contribution in [0.5, 0.6) is 5.75 Å². The molecule has 3 heterocycles. The number of halogens is 1. The highest BCUT2D eigenvalue weighted by Gasteiger charge is 2.35. The number of pyridine rings is 1. The van der Waals surface area contributed by atoms with E-state index in [2.05, 4.69) is 9.71 Å². The number of amidine groups is 1. The molecule has 1 unspecified atom stereocenters. The number of fused-ring (bicyclic) bond motifs is 1. The number of nitrogens with two attached hydrogens (primary N) is 1. The monoisotopic (exact) mass is 479 g/mol. The van der Waals surface area contributed by atoms with E-state index >= 15 is 0 Å². The van der Waals surface area contributed by atoms with Crippen molar-refractivity contribution in [3.63, 3.8) is 0 Å². The summed E-state index contributed by atoms with van der Waals surface area (Å²) in [6.07, 6.45) is 0.292. The summed E-state index contributed by atoms with van der Waals surface area (Å²) in [5.41, 5.74) is 6.81. The number of phenolic OH excluding ortho intramolecular Hbond substituents is 1. The van der Waals surface area contributed by atoms with Crippen molar-refractivity contribution < 1.29 is 18.3 Å². The summed E-state index contributed by atoms with van der Waals surface area (Å²) in [6.45, 7) is 0.397. The van der Waals surface area contributed by atoms with Crippen LogP contribution in [-0.2, 0) is 21.4 Å². The highest BCUT2D eigenvalue weighted by atomic mass is 35.5. The van der Waals surface area contributed by atoms with E-state index in [0.29, 0.717) is 34.3 Å². The summed E-state index contributed by atoms with van der Waals surface area (Å²) in [7, 11) is -3.93. The molecule has 9 nitrogen and oxygen atoms in total. The number of thiophene rings is 1. The minimum Gasteiger partial charge on any atom is -0.508 e. The number of hydrogen-bond donors (Lipinski definition) is 4. The number of nitrogens with zero attached hydrogens (tertiary/aromatic N) is 2. The van der Waals surface area contributed by atoms with Gasteiger partial charge in [0.25, 0.3) is 10.0 Å². The zero-order chi connectivity index (χ0) is 22.3. The van der Waals surface area contributed by atoms with E-state index in [-0.39, 0.29) is 27.5 Å². The molecule has 1 saturated heterocycles. The molecule has 1 aliphatic rings. The van der Waals surface area contributed by atoms with E-state index in [1.807, 2.05) is 0 Å². The molecular formula is C19H18ClN5O4S2. The van der Waals surface area contributed by atoms with Crippen molar-refractivity contribution in [2.45, 2.75) is 23.2 Å². The van der Waals surface area contributed by atoms with Crippen LogP contribution in [0.1, 0.15) is 17.5 Å². The first-order valence-corrected chi connectivity index (χ1v) is 11.9. The summed E-state index contributed by atoms with van der Waals surface area (Å²) in [6, 6.07) is 8.25. The van der Waals surface area contributed by atoms with Gasteiger partial charge in [0, 0.05) is 24.2 Å². The van der Waals surface area contributed by atoms with E-state index < -0.39 is 22.0 Å². The molecular weight excluding hydrogens is 462 g/mol. The number of nitrogen functional groups attached to an aromatic ring is 1. The number of benzene rings is 1.